The number of halogens is 2. The topological polar surface area (TPSA) is 86.8 Å². The molecule has 1 aliphatic rings. The smallest absolute Gasteiger partial charge is 0.264 e. The highest BCUT2D eigenvalue weighted by Crippen LogP contribution is 2.29. The summed E-state index contributed by atoms with van der Waals surface area (Å²) >= 11 is 12.5. The molecular weight excluding hydrogens is 605 g/mol. The second-order valence-electron chi connectivity index (χ2n) is 11.2. The highest BCUT2D eigenvalue weighted by atomic mass is 35.5. The highest BCUT2D eigenvalue weighted by molar-refractivity contribution is 7.92. The van der Waals surface area contributed by atoms with Crippen molar-refractivity contribution in [1.29, 1.82) is 0 Å². The molecule has 4 rings (SSSR count). The van der Waals surface area contributed by atoms with Crippen LogP contribution in [0.2, 0.25) is 10.0 Å². The summed E-state index contributed by atoms with van der Waals surface area (Å²) in [7, 11) is -4.13. The van der Waals surface area contributed by atoms with Crippen LogP contribution in [-0.4, -0.2) is 43.8 Å². The van der Waals surface area contributed by atoms with Crippen molar-refractivity contribution in [3.05, 3.63) is 93.5 Å². The summed E-state index contributed by atoms with van der Waals surface area (Å²) in [6, 6.07) is 17.8. The van der Waals surface area contributed by atoms with Crippen LogP contribution in [0.1, 0.15) is 62.1 Å². The number of anilines is 1. The van der Waals surface area contributed by atoms with Gasteiger partial charge in [-0.1, -0.05) is 91.3 Å². The van der Waals surface area contributed by atoms with Gasteiger partial charge < -0.3 is 10.2 Å². The van der Waals surface area contributed by atoms with Gasteiger partial charge in [-0.3, -0.25) is 13.9 Å². The third kappa shape index (κ3) is 8.11. The van der Waals surface area contributed by atoms with Gasteiger partial charge in [0.1, 0.15) is 12.6 Å². The van der Waals surface area contributed by atoms with Crippen molar-refractivity contribution in [2.75, 3.05) is 10.8 Å². The maximum Gasteiger partial charge on any atom is 0.264 e. The van der Waals surface area contributed by atoms with Crippen LogP contribution in [0.5, 0.6) is 0 Å². The minimum Gasteiger partial charge on any atom is -0.352 e. The first-order chi connectivity index (χ1) is 20.5. The number of hydrogen-bond acceptors (Lipinski definition) is 4. The summed E-state index contributed by atoms with van der Waals surface area (Å²) in [4.78, 5) is 29.5. The Hall–Kier alpha value is -3.07. The summed E-state index contributed by atoms with van der Waals surface area (Å²) in [6.45, 7) is 5.16. The Morgan fingerprint density at radius 1 is 0.930 bits per heavy atom. The first-order valence-electron chi connectivity index (χ1n) is 14.7. The third-order valence-electron chi connectivity index (χ3n) is 7.91. The van der Waals surface area contributed by atoms with Crippen molar-refractivity contribution in [2.24, 2.45) is 0 Å². The van der Waals surface area contributed by atoms with Crippen LogP contribution in [0.3, 0.4) is 0 Å². The lowest BCUT2D eigenvalue weighted by molar-refractivity contribution is -0.140. The van der Waals surface area contributed by atoms with Crippen LogP contribution in [0.4, 0.5) is 5.69 Å². The fourth-order valence-corrected chi connectivity index (χ4v) is 7.44. The number of carbonyl (C=O) groups excluding carboxylic acids is 2. The quantitative estimate of drug-likeness (QED) is 0.242. The van der Waals surface area contributed by atoms with Gasteiger partial charge in [0.2, 0.25) is 11.8 Å². The average molecular weight is 645 g/mol. The number of carbonyl (C=O) groups is 2. The van der Waals surface area contributed by atoms with Crippen LogP contribution >= 0.6 is 23.2 Å². The van der Waals surface area contributed by atoms with E-state index in [-0.39, 0.29) is 23.4 Å². The third-order valence-corrected chi connectivity index (χ3v) is 10.4. The number of rotatable bonds is 11. The van der Waals surface area contributed by atoms with Gasteiger partial charge in [-0.2, -0.15) is 0 Å². The predicted octanol–water partition coefficient (Wildman–Crippen LogP) is 7.06. The van der Waals surface area contributed by atoms with E-state index in [1.165, 1.54) is 17.0 Å². The van der Waals surface area contributed by atoms with E-state index in [4.69, 9.17) is 23.2 Å². The number of aryl methyl sites for hydroxylation is 2. The minimum absolute atomic E-state index is 0.0540. The molecular formula is C33H39Cl2N3O4S. The maximum atomic E-state index is 14.3. The molecule has 43 heavy (non-hydrogen) atoms. The minimum atomic E-state index is -4.13. The van der Waals surface area contributed by atoms with Crippen molar-refractivity contribution in [2.45, 2.75) is 82.8 Å². The van der Waals surface area contributed by atoms with E-state index in [0.29, 0.717) is 33.3 Å². The van der Waals surface area contributed by atoms with Gasteiger partial charge in [0.05, 0.1) is 20.6 Å². The zero-order valence-electron chi connectivity index (χ0n) is 24.9. The van der Waals surface area contributed by atoms with Gasteiger partial charge >= 0.3 is 0 Å². The molecule has 1 atom stereocenters. The molecule has 230 valence electrons. The molecule has 0 heterocycles. The molecule has 3 aromatic rings. The second kappa shape index (κ2) is 14.6. The molecule has 0 aliphatic heterocycles. The van der Waals surface area contributed by atoms with Crippen molar-refractivity contribution in [3.63, 3.8) is 0 Å². The maximum absolute atomic E-state index is 14.3. The molecule has 2 amide bonds. The Balaban J connectivity index is 1.73. The summed E-state index contributed by atoms with van der Waals surface area (Å²) in [6.07, 6.45) is 5.40. The lowest BCUT2D eigenvalue weighted by Gasteiger charge is -2.35. The SMILES string of the molecule is CCC(C(=O)NC1CCCCC1)N(Cc1ccc(Cl)c(Cl)c1)C(=O)CN(c1ccc(C)cc1C)S(=O)(=O)c1ccccc1. The van der Waals surface area contributed by atoms with E-state index in [9.17, 15) is 18.0 Å². The van der Waals surface area contributed by atoms with Crippen molar-refractivity contribution >= 4 is 50.7 Å². The molecule has 0 spiro atoms. The highest BCUT2D eigenvalue weighted by Gasteiger charge is 2.35. The van der Waals surface area contributed by atoms with Gasteiger partial charge in [0, 0.05) is 12.6 Å². The zero-order chi connectivity index (χ0) is 31.1. The van der Waals surface area contributed by atoms with Crippen LogP contribution < -0.4 is 9.62 Å². The van der Waals surface area contributed by atoms with E-state index in [0.717, 1.165) is 42.0 Å². The molecule has 7 nitrogen and oxygen atoms in total. The van der Waals surface area contributed by atoms with Crippen LogP contribution in [-0.2, 0) is 26.2 Å². The molecule has 0 bridgehead atoms. The fraction of sp³-hybridized carbons (Fsp3) is 0.394. The molecule has 10 heteroatoms. The number of nitrogens with zero attached hydrogens (tertiary/aromatic N) is 2. The summed E-state index contributed by atoms with van der Waals surface area (Å²) in [5, 5.41) is 3.86. The van der Waals surface area contributed by atoms with E-state index >= 15 is 0 Å². The normalized spacial score (nSPS) is 14.6. The Labute approximate surface area is 265 Å². The summed E-state index contributed by atoms with van der Waals surface area (Å²) in [5.41, 5.74) is 2.76. The second-order valence-corrected chi connectivity index (χ2v) is 13.8. The molecule has 1 fully saturated rings. The Morgan fingerprint density at radius 2 is 1.63 bits per heavy atom. The molecule has 1 saturated carbocycles. The lowest BCUT2D eigenvalue weighted by Crippen LogP contribution is -2.54. The van der Waals surface area contributed by atoms with Crippen LogP contribution in [0.25, 0.3) is 0 Å². The first kappa shape index (κ1) is 32.8. The Morgan fingerprint density at radius 3 is 2.26 bits per heavy atom. The summed E-state index contributed by atoms with van der Waals surface area (Å²) in [5.74, 6) is -0.747. The first-order valence-corrected chi connectivity index (χ1v) is 16.9. The van der Waals surface area contributed by atoms with Gasteiger partial charge in [0.25, 0.3) is 10.0 Å². The average Bonchev–Trinajstić information content (AvgIpc) is 2.98. The van der Waals surface area contributed by atoms with Crippen molar-refractivity contribution in [1.82, 2.24) is 10.2 Å². The van der Waals surface area contributed by atoms with Crippen LogP contribution in [0, 0.1) is 13.8 Å². The fourth-order valence-electron chi connectivity index (χ4n) is 5.62. The standard InChI is InChI=1S/C33H39Cl2N3O4S/c1-4-30(33(40)36-26-11-7-5-8-12-26)37(21-25-16-17-28(34)29(35)20-25)32(39)22-38(31-18-15-23(2)19-24(31)3)43(41,42)27-13-9-6-10-14-27/h6,9-10,13-20,26,30H,4-5,7-8,11-12,21-22H2,1-3H3,(H,36,40). The number of sulfonamides is 1. The van der Waals surface area contributed by atoms with E-state index in [1.807, 2.05) is 32.9 Å². The van der Waals surface area contributed by atoms with Gasteiger partial charge in [-0.15, -0.1) is 0 Å². The number of nitrogens with one attached hydrogen (secondary N) is 1. The molecule has 0 radical (unpaired) electrons. The van der Waals surface area contributed by atoms with Crippen LogP contribution in [0.15, 0.2) is 71.6 Å². The molecule has 0 saturated heterocycles. The van der Waals surface area contributed by atoms with E-state index in [2.05, 4.69) is 5.32 Å². The molecule has 3 aromatic carbocycles. The van der Waals surface area contributed by atoms with Gasteiger partial charge in [0.15, 0.2) is 0 Å². The largest absolute Gasteiger partial charge is 0.352 e. The number of benzene rings is 3. The predicted molar refractivity (Wildman–Crippen MR) is 173 cm³/mol. The lowest BCUT2D eigenvalue weighted by atomic mass is 9.95. The van der Waals surface area contributed by atoms with E-state index < -0.39 is 28.5 Å². The van der Waals surface area contributed by atoms with E-state index in [1.54, 1.807) is 42.5 Å². The summed E-state index contributed by atoms with van der Waals surface area (Å²) < 4.78 is 29.2. The molecule has 1 N–H and O–H groups in total. The molecule has 0 aromatic heterocycles. The Bertz CT molecular complexity index is 1540. The number of hydrogen-bond donors (Lipinski definition) is 1. The Kier molecular flexibility index (Phi) is 11.2. The van der Waals surface area contributed by atoms with Crippen molar-refractivity contribution < 1.29 is 18.0 Å². The number of amides is 2. The van der Waals surface area contributed by atoms with Gasteiger partial charge in [-0.05, 0) is 74.6 Å². The molecule has 1 unspecified atom stereocenters. The zero-order valence-corrected chi connectivity index (χ0v) is 27.2. The monoisotopic (exact) mass is 643 g/mol. The van der Waals surface area contributed by atoms with Crippen molar-refractivity contribution in [3.8, 4) is 0 Å². The molecule has 1 aliphatic carbocycles. The van der Waals surface area contributed by atoms with Gasteiger partial charge in [-0.25, -0.2) is 8.42 Å².